The number of anilines is 1. The van der Waals surface area contributed by atoms with Gasteiger partial charge in [-0.3, -0.25) is 9.52 Å². The van der Waals surface area contributed by atoms with E-state index in [1.807, 2.05) is 0 Å². The van der Waals surface area contributed by atoms with Gasteiger partial charge in [0.15, 0.2) is 0 Å². The number of amides is 1. The molecule has 0 unspecified atom stereocenters. The van der Waals surface area contributed by atoms with Gasteiger partial charge in [0.1, 0.15) is 5.75 Å². The number of sulfonamides is 1. The third-order valence-electron chi connectivity index (χ3n) is 4.38. The van der Waals surface area contributed by atoms with E-state index in [1.54, 1.807) is 12.1 Å². The maximum Gasteiger partial charge on any atom is 0.417 e. The number of carbonyl (C=O) groups is 1. The zero-order valence-corrected chi connectivity index (χ0v) is 17.9. The van der Waals surface area contributed by atoms with Crippen molar-refractivity contribution in [2.45, 2.75) is 11.1 Å². The molecule has 0 saturated carbocycles. The number of alkyl halides is 3. The molecule has 0 bridgehead atoms. The molecule has 2 N–H and O–H groups in total. The molecule has 7 nitrogen and oxygen atoms in total. The van der Waals surface area contributed by atoms with Crippen LogP contribution in [0.5, 0.6) is 5.75 Å². The Morgan fingerprint density at radius 3 is 2.36 bits per heavy atom. The van der Waals surface area contributed by atoms with Crippen LogP contribution in [0.25, 0.3) is 0 Å². The van der Waals surface area contributed by atoms with E-state index >= 15 is 0 Å². The summed E-state index contributed by atoms with van der Waals surface area (Å²) in [6.07, 6.45) is -3.71. The van der Waals surface area contributed by atoms with Gasteiger partial charge in [-0.25, -0.2) is 13.8 Å². The minimum Gasteiger partial charge on any atom is -0.497 e. The van der Waals surface area contributed by atoms with Crippen LogP contribution in [0.1, 0.15) is 21.5 Å². The van der Waals surface area contributed by atoms with Crippen molar-refractivity contribution in [1.29, 1.82) is 0 Å². The van der Waals surface area contributed by atoms with Crippen molar-refractivity contribution in [3.63, 3.8) is 0 Å². The largest absolute Gasteiger partial charge is 0.497 e. The van der Waals surface area contributed by atoms with Gasteiger partial charge in [0.05, 0.1) is 23.8 Å². The standard InChI is InChI=1S/C22H18F3N3O4S/c1-32-18-11-9-17(10-12-18)28-33(30,31)19-7-4-6-15(13-19)21(29)27-26-14-16-5-2-3-8-20(16)22(23,24)25/h2-14,28H,1H3,(H,27,29). The molecule has 0 aliphatic carbocycles. The summed E-state index contributed by atoms with van der Waals surface area (Å²) in [5.41, 5.74) is 1.21. The number of ether oxygens (including phenoxy) is 1. The zero-order valence-electron chi connectivity index (χ0n) is 17.1. The smallest absolute Gasteiger partial charge is 0.417 e. The molecule has 0 spiro atoms. The molecular weight excluding hydrogens is 459 g/mol. The predicted octanol–water partition coefficient (Wildman–Crippen LogP) is 4.28. The van der Waals surface area contributed by atoms with Crippen LogP contribution in [-0.4, -0.2) is 27.6 Å². The molecule has 3 rings (SSSR count). The normalized spacial score (nSPS) is 11.9. The van der Waals surface area contributed by atoms with Crippen molar-refractivity contribution < 1.29 is 31.1 Å². The summed E-state index contributed by atoms with van der Waals surface area (Å²) in [5, 5.41) is 3.57. The Morgan fingerprint density at radius 2 is 1.70 bits per heavy atom. The van der Waals surface area contributed by atoms with Crippen molar-refractivity contribution in [3.8, 4) is 5.75 Å². The summed E-state index contributed by atoms with van der Waals surface area (Å²) in [6.45, 7) is 0. The zero-order chi connectivity index (χ0) is 24.1. The van der Waals surface area contributed by atoms with Gasteiger partial charge in [0.25, 0.3) is 15.9 Å². The highest BCUT2D eigenvalue weighted by molar-refractivity contribution is 7.92. The van der Waals surface area contributed by atoms with Crippen molar-refractivity contribution in [3.05, 3.63) is 89.5 Å². The average Bonchev–Trinajstić information content (AvgIpc) is 2.79. The van der Waals surface area contributed by atoms with Crippen LogP contribution in [-0.2, 0) is 16.2 Å². The van der Waals surface area contributed by atoms with Crippen LogP contribution >= 0.6 is 0 Å². The van der Waals surface area contributed by atoms with Gasteiger partial charge in [-0.15, -0.1) is 0 Å². The molecule has 0 heterocycles. The average molecular weight is 477 g/mol. The number of rotatable bonds is 7. The van der Waals surface area contributed by atoms with Gasteiger partial charge < -0.3 is 4.74 Å². The highest BCUT2D eigenvalue weighted by atomic mass is 32.2. The molecule has 0 aromatic heterocycles. The van der Waals surface area contributed by atoms with E-state index in [0.717, 1.165) is 18.3 Å². The molecule has 33 heavy (non-hydrogen) atoms. The number of nitrogens with one attached hydrogen (secondary N) is 2. The van der Waals surface area contributed by atoms with Crippen molar-refractivity contribution in [2.24, 2.45) is 5.10 Å². The molecule has 0 atom stereocenters. The van der Waals surface area contributed by atoms with E-state index in [9.17, 15) is 26.4 Å². The van der Waals surface area contributed by atoms with Gasteiger partial charge in [-0.2, -0.15) is 18.3 Å². The fraction of sp³-hybridized carbons (Fsp3) is 0.0909. The number of methoxy groups -OCH3 is 1. The van der Waals surface area contributed by atoms with E-state index in [-0.39, 0.29) is 16.0 Å². The van der Waals surface area contributed by atoms with Crippen LogP contribution in [0.2, 0.25) is 0 Å². The molecule has 0 saturated heterocycles. The summed E-state index contributed by atoms with van der Waals surface area (Å²) in [7, 11) is -2.53. The van der Waals surface area contributed by atoms with Gasteiger partial charge in [-0.1, -0.05) is 24.3 Å². The summed E-state index contributed by atoms with van der Waals surface area (Å²) >= 11 is 0. The Kier molecular flexibility index (Phi) is 7.02. The lowest BCUT2D eigenvalue weighted by atomic mass is 10.1. The number of halogens is 3. The molecule has 172 valence electrons. The van der Waals surface area contributed by atoms with E-state index < -0.39 is 27.7 Å². The first-order valence-corrected chi connectivity index (χ1v) is 10.8. The number of nitrogens with zero attached hydrogens (tertiary/aromatic N) is 1. The van der Waals surface area contributed by atoms with Crippen LogP contribution in [0.4, 0.5) is 18.9 Å². The maximum absolute atomic E-state index is 13.0. The minimum atomic E-state index is -4.58. The number of hydrazone groups is 1. The van der Waals surface area contributed by atoms with Gasteiger partial charge in [-0.05, 0) is 48.5 Å². The molecule has 0 fully saturated rings. The molecule has 0 aliphatic rings. The van der Waals surface area contributed by atoms with Crippen molar-refractivity contribution >= 4 is 27.8 Å². The monoisotopic (exact) mass is 477 g/mol. The second-order valence-electron chi connectivity index (χ2n) is 6.65. The minimum absolute atomic E-state index is 0.0473. The lowest BCUT2D eigenvalue weighted by Gasteiger charge is -2.10. The maximum atomic E-state index is 13.0. The summed E-state index contributed by atoms with van der Waals surface area (Å²) in [4.78, 5) is 12.2. The third kappa shape index (κ3) is 6.10. The molecular formula is C22H18F3N3O4S. The van der Waals surface area contributed by atoms with Crippen LogP contribution in [0.3, 0.4) is 0 Å². The molecule has 3 aromatic carbocycles. The SMILES string of the molecule is COc1ccc(NS(=O)(=O)c2cccc(C(=O)NN=Cc3ccccc3C(F)(F)F)c2)cc1. The fourth-order valence-corrected chi connectivity index (χ4v) is 3.87. The molecule has 1 amide bonds. The summed E-state index contributed by atoms with van der Waals surface area (Å²) in [6, 6.07) is 16.1. The predicted molar refractivity (Wildman–Crippen MR) is 117 cm³/mol. The third-order valence-corrected chi connectivity index (χ3v) is 5.76. The lowest BCUT2D eigenvalue weighted by molar-refractivity contribution is -0.137. The Labute approximate surface area is 188 Å². The number of carbonyl (C=O) groups excluding carboxylic acids is 1. The van der Waals surface area contributed by atoms with Crippen molar-refractivity contribution in [1.82, 2.24) is 5.43 Å². The molecule has 0 radical (unpaired) electrons. The number of hydrogen-bond donors (Lipinski definition) is 2. The number of hydrogen-bond acceptors (Lipinski definition) is 5. The fourth-order valence-electron chi connectivity index (χ4n) is 2.77. The summed E-state index contributed by atoms with van der Waals surface area (Å²) in [5.74, 6) is -0.243. The first kappa shape index (κ1) is 23.8. The highest BCUT2D eigenvalue weighted by Gasteiger charge is 2.32. The quantitative estimate of drug-likeness (QED) is 0.392. The van der Waals surface area contributed by atoms with Gasteiger partial charge in [0.2, 0.25) is 0 Å². The Morgan fingerprint density at radius 1 is 1.00 bits per heavy atom. The van der Waals surface area contributed by atoms with E-state index in [0.29, 0.717) is 11.4 Å². The van der Waals surface area contributed by atoms with Gasteiger partial charge >= 0.3 is 6.18 Å². The van der Waals surface area contributed by atoms with Crippen molar-refractivity contribution in [2.75, 3.05) is 11.8 Å². The second kappa shape index (κ2) is 9.74. The molecule has 11 heteroatoms. The van der Waals surface area contributed by atoms with Crippen LogP contribution in [0, 0.1) is 0 Å². The van der Waals surface area contributed by atoms with E-state index in [4.69, 9.17) is 4.74 Å². The first-order chi connectivity index (χ1) is 15.6. The Hall–Kier alpha value is -3.86. The summed E-state index contributed by atoms with van der Waals surface area (Å²) < 4.78 is 71.8. The second-order valence-corrected chi connectivity index (χ2v) is 8.33. The number of benzene rings is 3. The molecule has 0 aliphatic heterocycles. The molecule has 3 aromatic rings. The van der Waals surface area contributed by atoms with E-state index in [2.05, 4.69) is 15.2 Å². The van der Waals surface area contributed by atoms with Gasteiger partial charge in [0, 0.05) is 16.8 Å². The van der Waals surface area contributed by atoms with Crippen LogP contribution in [0.15, 0.2) is 82.8 Å². The van der Waals surface area contributed by atoms with E-state index in [1.165, 1.54) is 55.6 Å². The highest BCUT2D eigenvalue weighted by Crippen LogP contribution is 2.31. The Balaban J connectivity index is 1.74. The Bertz CT molecular complexity index is 1270. The van der Waals surface area contributed by atoms with Crippen LogP contribution < -0.4 is 14.9 Å². The topological polar surface area (TPSA) is 96.9 Å². The first-order valence-electron chi connectivity index (χ1n) is 9.37. The lowest BCUT2D eigenvalue weighted by Crippen LogP contribution is -2.19.